The van der Waals surface area contributed by atoms with Crippen LogP contribution in [0, 0.1) is 5.82 Å². The highest BCUT2D eigenvalue weighted by atomic mass is 32.2. The van der Waals surface area contributed by atoms with Crippen LogP contribution >= 0.6 is 0 Å². The fraction of sp³-hybridized carbons (Fsp3) is 0.375. The normalized spacial score (nSPS) is 19.3. The number of rotatable bonds is 4. The molecule has 0 unspecified atom stereocenters. The van der Waals surface area contributed by atoms with Crippen LogP contribution in [0.5, 0.6) is 0 Å². The first-order valence-electron chi connectivity index (χ1n) is 7.75. The summed E-state index contributed by atoms with van der Waals surface area (Å²) in [4.78, 5) is 8.62. The highest BCUT2D eigenvalue weighted by Gasteiger charge is 2.32. The smallest absolute Gasteiger partial charge is 0.281 e. The van der Waals surface area contributed by atoms with Crippen molar-refractivity contribution < 1.29 is 17.5 Å². The van der Waals surface area contributed by atoms with Crippen molar-refractivity contribution in [3.63, 3.8) is 0 Å². The first-order valence-corrected chi connectivity index (χ1v) is 9.14. The van der Waals surface area contributed by atoms with Gasteiger partial charge in [0.15, 0.2) is 0 Å². The van der Waals surface area contributed by atoms with E-state index in [0.29, 0.717) is 17.0 Å². The fourth-order valence-electron chi connectivity index (χ4n) is 2.57. The van der Waals surface area contributed by atoms with Gasteiger partial charge in [-0.05, 0) is 12.1 Å². The van der Waals surface area contributed by atoms with Crippen LogP contribution in [0.25, 0.3) is 11.3 Å². The summed E-state index contributed by atoms with van der Waals surface area (Å²) in [6.07, 6.45) is 2.55. The third-order valence-electron chi connectivity index (χ3n) is 3.92. The molecule has 25 heavy (non-hydrogen) atoms. The van der Waals surface area contributed by atoms with E-state index in [2.05, 4.69) is 9.97 Å². The molecule has 2 aromatic rings. The summed E-state index contributed by atoms with van der Waals surface area (Å²) in [5.41, 5.74) is 1.62. The fourth-order valence-corrected chi connectivity index (χ4v) is 3.66. The molecule has 9 heteroatoms. The van der Waals surface area contributed by atoms with E-state index in [-0.39, 0.29) is 25.5 Å². The zero-order chi connectivity index (χ0) is 18.0. The average Bonchev–Trinajstić information content (AvgIpc) is 2.62. The van der Waals surface area contributed by atoms with Gasteiger partial charge in [0.05, 0.1) is 30.4 Å². The summed E-state index contributed by atoms with van der Waals surface area (Å²) in [7, 11) is -0.539. The van der Waals surface area contributed by atoms with Gasteiger partial charge in [0.2, 0.25) is 0 Å². The van der Waals surface area contributed by atoms with Gasteiger partial charge in [0.25, 0.3) is 10.2 Å². The summed E-state index contributed by atoms with van der Waals surface area (Å²) >= 11 is 0. The minimum atomic E-state index is -3.52. The van der Waals surface area contributed by atoms with Crippen molar-refractivity contribution in [2.24, 2.45) is 0 Å². The molecule has 0 amide bonds. The van der Waals surface area contributed by atoms with Crippen molar-refractivity contribution >= 4 is 10.2 Å². The van der Waals surface area contributed by atoms with Crippen LogP contribution in [0.15, 0.2) is 36.7 Å². The van der Waals surface area contributed by atoms with Crippen LogP contribution in [0.1, 0.15) is 11.8 Å². The number of morpholine rings is 1. The van der Waals surface area contributed by atoms with Crippen LogP contribution in [-0.4, -0.2) is 60.8 Å². The second-order valence-electron chi connectivity index (χ2n) is 5.85. The number of halogens is 1. The molecule has 0 radical (unpaired) electrons. The molecule has 0 bridgehead atoms. The molecule has 1 aliphatic rings. The van der Waals surface area contributed by atoms with Gasteiger partial charge < -0.3 is 4.74 Å². The van der Waals surface area contributed by atoms with Gasteiger partial charge in [0.1, 0.15) is 11.9 Å². The first kappa shape index (κ1) is 17.9. The third-order valence-corrected chi connectivity index (χ3v) is 5.83. The van der Waals surface area contributed by atoms with Crippen molar-refractivity contribution in [2.45, 2.75) is 6.10 Å². The molecule has 1 aromatic heterocycles. The van der Waals surface area contributed by atoms with Crippen LogP contribution in [0.4, 0.5) is 4.39 Å². The highest BCUT2D eigenvalue weighted by molar-refractivity contribution is 7.86. The molecule has 134 valence electrons. The molecule has 0 aliphatic carbocycles. The van der Waals surface area contributed by atoms with E-state index in [1.165, 1.54) is 41.0 Å². The minimum absolute atomic E-state index is 0.155. The molecule has 1 fully saturated rings. The molecule has 0 N–H and O–H groups in total. The minimum Gasteiger partial charge on any atom is -0.369 e. The molecular weight excluding hydrogens is 347 g/mol. The van der Waals surface area contributed by atoms with Gasteiger partial charge in [-0.1, -0.05) is 12.1 Å². The Kier molecular flexibility index (Phi) is 5.09. The maximum absolute atomic E-state index is 13.4. The summed E-state index contributed by atoms with van der Waals surface area (Å²) in [5, 5.41) is 0. The number of benzene rings is 1. The second-order valence-corrected chi connectivity index (χ2v) is 7.99. The van der Waals surface area contributed by atoms with Gasteiger partial charge in [0, 0.05) is 32.7 Å². The molecule has 1 aromatic carbocycles. The van der Waals surface area contributed by atoms with E-state index in [1.54, 1.807) is 18.3 Å². The quantitative estimate of drug-likeness (QED) is 0.819. The van der Waals surface area contributed by atoms with Crippen LogP contribution < -0.4 is 0 Å². The molecule has 1 saturated heterocycles. The molecule has 2 heterocycles. The highest BCUT2D eigenvalue weighted by Crippen LogP contribution is 2.25. The summed E-state index contributed by atoms with van der Waals surface area (Å²) in [6.45, 7) is 0.708. The number of nitrogens with zero attached hydrogens (tertiary/aromatic N) is 4. The third kappa shape index (κ3) is 3.84. The lowest BCUT2D eigenvalue weighted by Gasteiger charge is -2.33. The molecule has 1 aliphatic heterocycles. The monoisotopic (exact) mass is 366 g/mol. The van der Waals surface area contributed by atoms with Gasteiger partial charge in [-0.3, -0.25) is 4.98 Å². The van der Waals surface area contributed by atoms with Crippen molar-refractivity contribution in [2.75, 3.05) is 33.8 Å². The van der Waals surface area contributed by atoms with Crippen molar-refractivity contribution in [1.29, 1.82) is 0 Å². The number of ether oxygens (including phenoxy) is 1. The zero-order valence-corrected chi connectivity index (χ0v) is 14.8. The molecular formula is C16H19FN4O3S. The Morgan fingerprint density at radius 2 is 2.12 bits per heavy atom. The summed E-state index contributed by atoms with van der Waals surface area (Å²) in [5.74, 6) is -0.359. The zero-order valence-electron chi connectivity index (χ0n) is 14.0. The SMILES string of the molecule is CN(C)S(=O)(=O)N1CCO[C@H](c2cncc(-c3cccc(F)c3)n2)C1. The molecule has 1 atom stereocenters. The van der Waals surface area contributed by atoms with Gasteiger partial charge >= 0.3 is 0 Å². The predicted molar refractivity (Wildman–Crippen MR) is 90.3 cm³/mol. The van der Waals surface area contributed by atoms with E-state index in [0.717, 1.165) is 0 Å². The van der Waals surface area contributed by atoms with Gasteiger partial charge in [-0.2, -0.15) is 17.0 Å². The Morgan fingerprint density at radius 1 is 1.32 bits per heavy atom. The molecule has 3 rings (SSSR count). The molecule has 0 saturated carbocycles. The maximum Gasteiger partial charge on any atom is 0.281 e. The summed E-state index contributed by atoms with van der Waals surface area (Å²) < 4.78 is 46.2. The first-order chi connectivity index (χ1) is 11.9. The number of hydrogen-bond donors (Lipinski definition) is 0. The van der Waals surface area contributed by atoms with E-state index in [1.807, 2.05) is 0 Å². The van der Waals surface area contributed by atoms with E-state index in [4.69, 9.17) is 4.74 Å². The number of hydrogen-bond acceptors (Lipinski definition) is 5. The van der Waals surface area contributed by atoms with Crippen LogP contribution in [0.3, 0.4) is 0 Å². The van der Waals surface area contributed by atoms with Crippen molar-refractivity contribution in [3.8, 4) is 11.3 Å². The topological polar surface area (TPSA) is 75.6 Å². The largest absolute Gasteiger partial charge is 0.369 e. The Balaban J connectivity index is 1.86. The number of aromatic nitrogens is 2. The Morgan fingerprint density at radius 3 is 2.84 bits per heavy atom. The van der Waals surface area contributed by atoms with E-state index < -0.39 is 16.3 Å². The van der Waals surface area contributed by atoms with E-state index in [9.17, 15) is 12.8 Å². The average molecular weight is 366 g/mol. The van der Waals surface area contributed by atoms with E-state index >= 15 is 0 Å². The van der Waals surface area contributed by atoms with Crippen LogP contribution in [-0.2, 0) is 14.9 Å². The maximum atomic E-state index is 13.4. The molecule has 7 nitrogen and oxygen atoms in total. The summed E-state index contributed by atoms with van der Waals surface area (Å²) in [6, 6.07) is 6.07. The van der Waals surface area contributed by atoms with Gasteiger partial charge in [-0.15, -0.1) is 0 Å². The standard InChI is InChI=1S/C16H19FN4O3S/c1-20(2)25(22,23)21-6-7-24-16(11-21)15-10-18-9-14(19-15)12-4-3-5-13(17)8-12/h3-5,8-10,16H,6-7,11H2,1-2H3/t16-/m0/s1. The Hall–Kier alpha value is -1.94. The Labute approximate surface area is 146 Å². The Bertz CT molecular complexity index is 860. The van der Waals surface area contributed by atoms with Crippen molar-refractivity contribution in [1.82, 2.24) is 18.6 Å². The lowest BCUT2D eigenvalue weighted by molar-refractivity contribution is -0.00637. The second kappa shape index (κ2) is 7.12. The van der Waals surface area contributed by atoms with Crippen molar-refractivity contribution in [3.05, 3.63) is 48.2 Å². The lowest BCUT2D eigenvalue weighted by Crippen LogP contribution is -2.47. The lowest BCUT2D eigenvalue weighted by atomic mass is 10.1. The predicted octanol–water partition coefficient (Wildman–Crippen LogP) is 1.46. The van der Waals surface area contributed by atoms with Gasteiger partial charge in [-0.25, -0.2) is 9.37 Å². The van der Waals surface area contributed by atoms with Crippen LogP contribution in [0.2, 0.25) is 0 Å². The molecule has 0 spiro atoms.